The van der Waals surface area contributed by atoms with Crippen molar-refractivity contribution in [1.82, 2.24) is 17.5 Å². The van der Waals surface area contributed by atoms with Crippen LogP contribution < -0.4 is 18.6 Å². The Morgan fingerprint density at radius 1 is 0.710 bits per heavy atom. The maximum Gasteiger partial charge on any atom is 0.254 e. The molecule has 4 heterocycles. The largest absolute Gasteiger partial charge is 0.475 e. The summed E-state index contributed by atoms with van der Waals surface area (Å²) >= 11 is 2.34. The first-order valence-corrected chi connectivity index (χ1v) is 11.5. The van der Waals surface area contributed by atoms with E-state index in [2.05, 4.69) is 17.5 Å². The van der Waals surface area contributed by atoms with Crippen molar-refractivity contribution in [3.8, 4) is 34.3 Å². The molecule has 0 saturated heterocycles. The number of rotatable bonds is 10. The summed E-state index contributed by atoms with van der Waals surface area (Å²) in [6.45, 7) is 1.20. The van der Waals surface area contributed by atoms with E-state index in [1.165, 1.54) is 23.5 Å². The molecule has 0 unspecified atom stereocenters. The van der Waals surface area contributed by atoms with Crippen molar-refractivity contribution < 1.29 is 18.6 Å². The van der Waals surface area contributed by atoms with Gasteiger partial charge in [-0.05, 0) is 31.4 Å². The lowest BCUT2D eigenvalue weighted by molar-refractivity contribution is -0.671. The molecule has 8 nitrogen and oxygen atoms in total. The van der Waals surface area contributed by atoms with Crippen LogP contribution in [0.1, 0.15) is 19.3 Å². The molecule has 4 aromatic heterocycles. The summed E-state index contributed by atoms with van der Waals surface area (Å²) in [7, 11) is 3.97. The van der Waals surface area contributed by atoms with Gasteiger partial charge in [0.2, 0.25) is 0 Å². The molecule has 0 radical (unpaired) electrons. The van der Waals surface area contributed by atoms with Gasteiger partial charge < -0.3 is 9.47 Å². The molecule has 0 fully saturated rings. The van der Waals surface area contributed by atoms with E-state index >= 15 is 0 Å². The van der Waals surface area contributed by atoms with Crippen LogP contribution in [0, 0.1) is 0 Å². The second kappa shape index (κ2) is 10.4. The first kappa shape index (κ1) is 21.3. The van der Waals surface area contributed by atoms with Gasteiger partial charge in [-0.1, -0.05) is 0 Å². The lowest BCUT2D eigenvalue weighted by Gasteiger charge is -2.06. The van der Waals surface area contributed by atoms with Gasteiger partial charge in [0.25, 0.3) is 11.8 Å². The van der Waals surface area contributed by atoms with Crippen molar-refractivity contribution >= 4 is 23.5 Å². The Labute approximate surface area is 189 Å². The number of pyridine rings is 2. The Morgan fingerprint density at radius 2 is 1.19 bits per heavy atom. The van der Waals surface area contributed by atoms with Gasteiger partial charge in [0.15, 0.2) is 36.2 Å². The van der Waals surface area contributed by atoms with Gasteiger partial charge >= 0.3 is 0 Å². The van der Waals surface area contributed by atoms with Crippen LogP contribution in [0.25, 0.3) is 22.5 Å². The van der Waals surface area contributed by atoms with Crippen molar-refractivity contribution in [2.45, 2.75) is 19.3 Å². The lowest BCUT2D eigenvalue weighted by atomic mass is 10.2. The Hall–Kier alpha value is -2.98. The minimum Gasteiger partial charge on any atom is -0.475 e. The van der Waals surface area contributed by atoms with E-state index in [0.29, 0.717) is 25.0 Å². The van der Waals surface area contributed by atoms with E-state index in [1.54, 1.807) is 0 Å². The highest BCUT2D eigenvalue weighted by Gasteiger charge is 2.15. The summed E-state index contributed by atoms with van der Waals surface area (Å²) in [5.74, 6) is 1.20. The molecular weight excluding hydrogens is 432 g/mol. The van der Waals surface area contributed by atoms with Crippen LogP contribution in [0.2, 0.25) is 0 Å². The highest BCUT2D eigenvalue weighted by atomic mass is 32.1. The second-order valence-corrected chi connectivity index (χ2v) is 8.17. The summed E-state index contributed by atoms with van der Waals surface area (Å²) < 4.78 is 33.1. The zero-order valence-corrected chi connectivity index (χ0v) is 19.1. The fraction of sp³-hybridized carbons (Fsp3) is 0.333. The summed E-state index contributed by atoms with van der Waals surface area (Å²) in [6.07, 6.45) is 10.8. The Balaban J connectivity index is 1.20. The standard InChI is InChI=1S/C21H24N6O2S2/c1-26-10-6-8-16(14-26)18-20(24-30-22-18)28-12-4-3-5-13-29-21-19(23-31-25-21)17-9-7-11-27(2)15-17/h6-11,14-15H,3-5,12-13H2,1-2H3/q+2. The summed E-state index contributed by atoms with van der Waals surface area (Å²) in [5.41, 5.74) is 3.59. The van der Waals surface area contributed by atoms with E-state index in [-0.39, 0.29) is 0 Å². The number of aromatic nitrogens is 6. The molecule has 0 spiro atoms. The van der Waals surface area contributed by atoms with Crippen molar-refractivity contribution in [2.75, 3.05) is 13.2 Å². The lowest BCUT2D eigenvalue weighted by Crippen LogP contribution is -2.26. The highest BCUT2D eigenvalue weighted by molar-refractivity contribution is 6.99. The summed E-state index contributed by atoms with van der Waals surface area (Å²) in [6, 6.07) is 8.00. The van der Waals surface area contributed by atoms with Gasteiger partial charge in [0.05, 0.1) is 47.8 Å². The number of nitrogens with zero attached hydrogens (tertiary/aromatic N) is 6. The number of unbranched alkanes of at least 4 members (excludes halogenated alkanes) is 2. The van der Waals surface area contributed by atoms with Gasteiger partial charge in [-0.15, -0.1) is 8.75 Å². The van der Waals surface area contributed by atoms with E-state index in [4.69, 9.17) is 9.47 Å². The van der Waals surface area contributed by atoms with Gasteiger partial charge in [0, 0.05) is 12.1 Å². The van der Waals surface area contributed by atoms with Crippen LogP contribution in [-0.4, -0.2) is 30.7 Å². The first-order chi connectivity index (χ1) is 15.2. The van der Waals surface area contributed by atoms with Crippen LogP contribution in [0.5, 0.6) is 11.8 Å². The molecule has 0 atom stereocenters. The maximum atomic E-state index is 5.88. The average molecular weight is 457 g/mol. The van der Waals surface area contributed by atoms with E-state index < -0.39 is 0 Å². The minimum atomic E-state index is 0.599. The zero-order chi connectivity index (χ0) is 21.5. The van der Waals surface area contributed by atoms with Crippen molar-refractivity contribution in [1.29, 1.82) is 0 Å². The molecule has 0 aliphatic carbocycles. The minimum absolute atomic E-state index is 0.599. The summed E-state index contributed by atoms with van der Waals surface area (Å²) in [4.78, 5) is 0. The molecule has 0 bridgehead atoms. The Morgan fingerprint density at radius 3 is 1.65 bits per heavy atom. The molecule has 31 heavy (non-hydrogen) atoms. The SMILES string of the molecule is C[n+]1cccc(-c2nsnc2OCCCCCOc2nsnc2-c2ccc[n+](C)c2)c1. The molecule has 0 amide bonds. The Bertz CT molecular complexity index is 1040. The summed E-state index contributed by atoms with van der Waals surface area (Å²) in [5, 5.41) is 0. The molecule has 4 rings (SSSR count). The number of ether oxygens (including phenoxy) is 2. The normalized spacial score (nSPS) is 10.9. The monoisotopic (exact) mass is 456 g/mol. The topological polar surface area (TPSA) is 77.8 Å². The van der Waals surface area contributed by atoms with Crippen molar-refractivity contribution in [3.05, 3.63) is 49.1 Å². The predicted octanol–water partition coefficient (Wildman–Crippen LogP) is 3.00. The quantitative estimate of drug-likeness (QED) is 0.270. The van der Waals surface area contributed by atoms with Crippen molar-refractivity contribution in [2.24, 2.45) is 14.1 Å². The fourth-order valence-electron chi connectivity index (χ4n) is 3.08. The van der Waals surface area contributed by atoms with Gasteiger partial charge in [-0.3, -0.25) is 0 Å². The van der Waals surface area contributed by atoms with E-state index in [9.17, 15) is 0 Å². The molecule has 4 aromatic rings. The third kappa shape index (κ3) is 5.59. The first-order valence-electron chi connectivity index (χ1n) is 10.0. The van der Waals surface area contributed by atoms with Crippen LogP contribution in [0.3, 0.4) is 0 Å². The molecular formula is C21H24N6O2S2+2. The third-order valence-electron chi connectivity index (χ3n) is 4.61. The number of aryl methyl sites for hydroxylation is 2. The second-order valence-electron chi connectivity index (χ2n) is 7.11. The molecule has 0 aliphatic rings. The van der Waals surface area contributed by atoms with Crippen LogP contribution in [-0.2, 0) is 14.1 Å². The van der Waals surface area contributed by atoms with Crippen LogP contribution in [0.4, 0.5) is 0 Å². The average Bonchev–Trinajstić information content (AvgIpc) is 3.42. The van der Waals surface area contributed by atoms with Gasteiger partial charge in [0.1, 0.15) is 14.1 Å². The zero-order valence-electron chi connectivity index (χ0n) is 17.5. The van der Waals surface area contributed by atoms with Gasteiger partial charge in [-0.25, -0.2) is 9.13 Å². The molecule has 10 heteroatoms. The molecule has 160 valence electrons. The molecule has 0 aromatic carbocycles. The number of hydrogen-bond donors (Lipinski definition) is 0. The maximum absolute atomic E-state index is 5.88. The number of hydrogen-bond acceptors (Lipinski definition) is 8. The third-order valence-corrected chi connectivity index (χ3v) is 5.63. The Kier molecular flexibility index (Phi) is 7.11. The molecule has 0 aliphatic heterocycles. The highest BCUT2D eigenvalue weighted by Crippen LogP contribution is 2.28. The van der Waals surface area contributed by atoms with Crippen molar-refractivity contribution in [3.63, 3.8) is 0 Å². The molecule has 0 saturated carbocycles. The van der Waals surface area contributed by atoms with E-state index in [1.807, 2.05) is 72.3 Å². The van der Waals surface area contributed by atoms with Crippen LogP contribution in [0.15, 0.2) is 49.1 Å². The van der Waals surface area contributed by atoms with Gasteiger partial charge in [-0.2, -0.15) is 8.75 Å². The molecule has 0 N–H and O–H groups in total. The predicted molar refractivity (Wildman–Crippen MR) is 118 cm³/mol. The smallest absolute Gasteiger partial charge is 0.254 e. The van der Waals surface area contributed by atoms with E-state index in [0.717, 1.165) is 41.8 Å². The fourth-order valence-corrected chi connectivity index (χ4v) is 4.12. The van der Waals surface area contributed by atoms with Crippen LogP contribution >= 0.6 is 23.5 Å².